The zero-order valence-corrected chi connectivity index (χ0v) is 14.1. The number of ether oxygens (including phenoxy) is 2. The van der Waals surface area contributed by atoms with E-state index in [2.05, 4.69) is 15.9 Å². The van der Waals surface area contributed by atoms with Gasteiger partial charge in [0.15, 0.2) is 0 Å². The van der Waals surface area contributed by atoms with E-state index in [0.717, 1.165) is 3.79 Å². The first-order valence-electron chi connectivity index (χ1n) is 6.35. The van der Waals surface area contributed by atoms with Crippen LogP contribution in [0.15, 0.2) is 9.85 Å². The molecule has 1 N–H and O–H groups in total. The van der Waals surface area contributed by atoms with Crippen LogP contribution in [0.4, 0.5) is 0 Å². The van der Waals surface area contributed by atoms with Gasteiger partial charge in [-0.15, -0.1) is 11.3 Å². The number of carboxylic acids is 1. The van der Waals surface area contributed by atoms with Crippen LogP contribution in [-0.4, -0.2) is 54.8 Å². The van der Waals surface area contributed by atoms with Crippen LogP contribution in [0.3, 0.4) is 0 Å². The van der Waals surface area contributed by atoms with Gasteiger partial charge in [0.05, 0.1) is 24.5 Å². The van der Waals surface area contributed by atoms with Gasteiger partial charge in [-0.1, -0.05) is 0 Å². The van der Waals surface area contributed by atoms with Gasteiger partial charge in [-0.2, -0.15) is 0 Å². The molecule has 2 unspecified atom stereocenters. The Labute approximate surface area is 134 Å². The maximum absolute atomic E-state index is 12.6. The molecule has 1 aliphatic rings. The standard InChI is InChI=1S/C13H16BrNO5S/c1-19-8-3-7(4-11(16)17)15(6-8)13(18)10-5-9(20-2)12(14)21-10/h5,7-8H,3-4,6H2,1-2H3,(H,16,17). The van der Waals surface area contributed by atoms with E-state index in [1.807, 2.05) is 0 Å². The lowest BCUT2D eigenvalue weighted by atomic mass is 10.1. The summed E-state index contributed by atoms with van der Waals surface area (Å²) in [5.41, 5.74) is 0. The minimum Gasteiger partial charge on any atom is -0.495 e. The van der Waals surface area contributed by atoms with E-state index < -0.39 is 5.97 Å². The maximum atomic E-state index is 12.6. The van der Waals surface area contributed by atoms with E-state index in [4.69, 9.17) is 14.6 Å². The third kappa shape index (κ3) is 3.56. The van der Waals surface area contributed by atoms with Gasteiger partial charge in [-0.25, -0.2) is 0 Å². The normalized spacial score (nSPS) is 21.6. The van der Waals surface area contributed by atoms with E-state index in [-0.39, 0.29) is 24.5 Å². The van der Waals surface area contributed by atoms with E-state index in [0.29, 0.717) is 23.6 Å². The lowest BCUT2D eigenvalue weighted by Crippen LogP contribution is -2.36. The summed E-state index contributed by atoms with van der Waals surface area (Å²) in [6.45, 7) is 0.408. The second-order valence-corrected chi connectivity index (χ2v) is 7.13. The molecule has 1 fully saturated rings. The molecule has 0 spiro atoms. The molecule has 1 amide bonds. The van der Waals surface area contributed by atoms with Crippen LogP contribution >= 0.6 is 27.3 Å². The van der Waals surface area contributed by atoms with Crippen molar-refractivity contribution in [1.29, 1.82) is 0 Å². The van der Waals surface area contributed by atoms with Crippen molar-refractivity contribution < 1.29 is 24.2 Å². The van der Waals surface area contributed by atoms with Crippen molar-refractivity contribution in [3.05, 3.63) is 14.7 Å². The van der Waals surface area contributed by atoms with Crippen LogP contribution in [0.2, 0.25) is 0 Å². The highest BCUT2D eigenvalue weighted by atomic mass is 79.9. The molecule has 2 atom stereocenters. The van der Waals surface area contributed by atoms with Gasteiger partial charge in [-0.05, 0) is 22.4 Å². The highest BCUT2D eigenvalue weighted by Gasteiger charge is 2.37. The topological polar surface area (TPSA) is 76.1 Å². The van der Waals surface area contributed by atoms with Crippen molar-refractivity contribution in [3.63, 3.8) is 0 Å². The molecule has 1 aromatic heterocycles. The number of amides is 1. The molecule has 21 heavy (non-hydrogen) atoms. The lowest BCUT2D eigenvalue weighted by Gasteiger charge is -2.22. The summed E-state index contributed by atoms with van der Waals surface area (Å²) < 4.78 is 11.2. The number of carboxylic acid groups (broad SMARTS) is 1. The molecule has 116 valence electrons. The average molecular weight is 378 g/mol. The number of likely N-dealkylation sites (tertiary alicyclic amines) is 1. The number of aliphatic carboxylic acids is 1. The number of methoxy groups -OCH3 is 2. The van der Waals surface area contributed by atoms with Crippen molar-refractivity contribution in [3.8, 4) is 5.75 Å². The highest BCUT2D eigenvalue weighted by Crippen LogP contribution is 2.36. The molecular formula is C13H16BrNO5S. The smallest absolute Gasteiger partial charge is 0.305 e. The SMILES string of the molecule is COc1cc(C(=O)N2CC(OC)CC2CC(=O)O)sc1Br. The lowest BCUT2D eigenvalue weighted by molar-refractivity contribution is -0.137. The Hall–Kier alpha value is -1.12. The minimum atomic E-state index is -0.917. The Balaban J connectivity index is 2.20. The zero-order chi connectivity index (χ0) is 15.6. The summed E-state index contributed by atoms with van der Waals surface area (Å²) in [6.07, 6.45) is 0.344. The van der Waals surface area contributed by atoms with Crippen LogP contribution in [0.5, 0.6) is 5.75 Å². The second-order valence-electron chi connectivity index (χ2n) is 4.76. The summed E-state index contributed by atoms with van der Waals surface area (Å²) in [7, 11) is 3.10. The van der Waals surface area contributed by atoms with Crippen LogP contribution in [0, 0.1) is 0 Å². The number of nitrogens with zero attached hydrogens (tertiary/aromatic N) is 1. The van der Waals surface area contributed by atoms with Crippen LogP contribution in [0.1, 0.15) is 22.5 Å². The van der Waals surface area contributed by atoms with Gasteiger partial charge in [-0.3, -0.25) is 9.59 Å². The largest absolute Gasteiger partial charge is 0.495 e. The fourth-order valence-electron chi connectivity index (χ4n) is 2.43. The van der Waals surface area contributed by atoms with Gasteiger partial charge in [0.25, 0.3) is 5.91 Å². The Bertz CT molecular complexity index is 547. The first kappa shape index (κ1) is 16.3. The van der Waals surface area contributed by atoms with Gasteiger partial charge in [0, 0.05) is 25.8 Å². The molecule has 2 heterocycles. The Morgan fingerprint density at radius 3 is 2.76 bits per heavy atom. The van der Waals surface area contributed by atoms with Crippen LogP contribution in [-0.2, 0) is 9.53 Å². The predicted octanol–water partition coefficient (Wildman–Crippen LogP) is 2.22. The van der Waals surface area contributed by atoms with Crippen molar-refractivity contribution >= 4 is 39.1 Å². The number of rotatable bonds is 5. The Morgan fingerprint density at radius 1 is 1.52 bits per heavy atom. The van der Waals surface area contributed by atoms with Crippen LogP contribution < -0.4 is 4.74 Å². The number of halogens is 1. The molecule has 2 rings (SSSR count). The van der Waals surface area contributed by atoms with E-state index in [1.54, 1.807) is 18.1 Å². The number of thiophene rings is 1. The molecule has 8 heteroatoms. The molecular weight excluding hydrogens is 362 g/mol. The molecule has 1 aliphatic heterocycles. The van der Waals surface area contributed by atoms with E-state index in [9.17, 15) is 9.59 Å². The molecule has 0 saturated carbocycles. The molecule has 0 radical (unpaired) electrons. The molecule has 0 bridgehead atoms. The number of carbonyl (C=O) groups excluding carboxylic acids is 1. The number of hydrogen-bond acceptors (Lipinski definition) is 5. The molecule has 0 aromatic carbocycles. The average Bonchev–Trinajstić information content (AvgIpc) is 3.00. The van der Waals surface area contributed by atoms with Gasteiger partial charge < -0.3 is 19.5 Å². The summed E-state index contributed by atoms with van der Waals surface area (Å²) in [5.74, 6) is -0.505. The third-order valence-electron chi connectivity index (χ3n) is 3.47. The summed E-state index contributed by atoms with van der Waals surface area (Å²) >= 11 is 4.61. The number of hydrogen-bond donors (Lipinski definition) is 1. The fraction of sp³-hybridized carbons (Fsp3) is 0.538. The quantitative estimate of drug-likeness (QED) is 0.851. The minimum absolute atomic E-state index is 0.0741. The molecule has 6 nitrogen and oxygen atoms in total. The van der Waals surface area contributed by atoms with Crippen molar-refractivity contribution in [2.75, 3.05) is 20.8 Å². The van der Waals surface area contributed by atoms with Crippen molar-refractivity contribution in [2.24, 2.45) is 0 Å². The fourth-order valence-corrected chi connectivity index (χ4v) is 4.03. The zero-order valence-electron chi connectivity index (χ0n) is 11.7. The van der Waals surface area contributed by atoms with Gasteiger partial charge in [0.2, 0.25) is 0 Å². The summed E-state index contributed by atoms with van der Waals surface area (Å²) in [6, 6.07) is 1.32. The van der Waals surface area contributed by atoms with Gasteiger partial charge in [0.1, 0.15) is 9.54 Å². The van der Waals surface area contributed by atoms with Gasteiger partial charge >= 0.3 is 5.97 Å². The summed E-state index contributed by atoms with van der Waals surface area (Å²) in [5, 5.41) is 8.99. The molecule has 1 saturated heterocycles. The Morgan fingerprint density at radius 2 is 2.24 bits per heavy atom. The highest BCUT2D eigenvalue weighted by molar-refractivity contribution is 9.11. The van der Waals surface area contributed by atoms with Crippen LogP contribution in [0.25, 0.3) is 0 Å². The number of carbonyl (C=O) groups is 2. The Kier molecular flexibility index (Phi) is 5.23. The monoisotopic (exact) mass is 377 g/mol. The van der Waals surface area contributed by atoms with E-state index in [1.165, 1.54) is 18.4 Å². The maximum Gasteiger partial charge on any atom is 0.305 e. The predicted molar refractivity (Wildman–Crippen MR) is 81.1 cm³/mol. The molecule has 0 aliphatic carbocycles. The summed E-state index contributed by atoms with van der Waals surface area (Å²) in [4.78, 5) is 25.7. The second kappa shape index (κ2) is 6.76. The van der Waals surface area contributed by atoms with E-state index >= 15 is 0 Å². The third-order valence-corrected chi connectivity index (χ3v) is 5.24. The van der Waals surface area contributed by atoms with Crippen molar-refractivity contribution in [2.45, 2.75) is 25.0 Å². The first-order chi connectivity index (χ1) is 9.96. The van der Waals surface area contributed by atoms with Crippen molar-refractivity contribution in [1.82, 2.24) is 4.90 Å². The molecule has 1 aromatic rings. The first-order valence-corrected chi connectivity index (χ1v) is 7.96.